The van der Waals surface area contributed by atoms with Crippen molar-refractivity contribution in [1.29, 1.82) is 0 Å². The minimum absolute atomic E-state index is 0.791. The molecule has 1 aromatic rings. The van der Waals surface area contributed by atoms with Gasteiger partial charge >= 0.3 is 0 Å². The molecule has 1 atom stereocenters. The number of fused-ring (bicyclic) bond motifs is 1. The number of aryl methyl sites for hydroxylation is 1. The van der Waals surface area contributed by atoms with Crippen LogP contribution in [0.15, 0.2) is 12.1 Å². The summed E-state index contributed by atoms with van der Waals surface area (Å²) in [7, 11) is 0. The van der Waals surface area contributed by atoms with E-state index in [-0.39, 0.29) is 0 Å². The Balaban J connectivity index is 0. The molecule has 0 nitrogen and oxygen atoms in total. The summed E-state index contributed by atoms with van der Waals surface area (Å²) in [5.74, 6) is 0.791. The first-order valence-electron chi connectivity index (χ1n) is 7.79. The molecule has 0 saturated carbocycles. The zero-order valence-corrected chi connectivity index (χ0v) is 14.1. The van der Waals surface area contributed by atoms with Crippen LogP contribution in [0.5, 0.6) is 0 Å². The molecular weight excluding hydrogens is 216 g/mol. The van der Waals surface area contributed by atoms with Gasteiger partial charge in [0.15, 0.2) is 0 Å². The average Bonchev–Trinajstić information content (AvgIpc) is 2.83. The van der Waals surface area contributed by atoms with E-state index in [1.54, 1.807) is 11.1 Å². The SMILES string of the molecule is CC.CC.CC.Cc1ccc2c(c1C)CCC2C. The fraction of sp³-hybridized carbons (Fsp3) is 0.667. The van der Waals surface area contributed by atoms with Crippen LogP contribution in [0.4, 0.5) is 0 Å². The van der Waals surface area contributed by atoms with Gasteiger partial charge < -0.3 is 0 Å². The van der Waals surface area contributed by atoms with Crippen LogP contribution >= 0.6 is 0 Å². The Morgan fingerprint density at radius 3 is 1.89 bits per heavy atom. The molecule has 0 amide bonds. The molecule has 18 heavy (non-hydrogen) atoms. The van der Waals surface area contributed by atoms with E-state index in [0.29, 0.717) is 0 Å². The number of rotatable bonds is 0. The van der Waals surface area contributed by atoms with Crippen LogP contribution in [0.3, 0.4) is 0 Å². The van der Waals surface area contributed by atoms with E-state index < -0.39 is 0 Å². The van der Waals surface area contributed by atoms with Crippen molar-refractivity contribution in [3.63, 3.8) is 0 Å². The van der Waals surface area contributed by atoms with Gasteiger partial charge in [0.2, 0.25) is 0 Å². The lowest BCUT2D eigenvalue weighted by Gasteiger charge is -2.08. The average molecular weight is 250 g/mol. The van der Waals surface area contributed by atoms with Gasteiger partial charge in [-0.25, -0.2) is 0 Å². The maximum absolute atomic E-state index is 2.33. The molecule has 106 valence electrons. The molecular formula is C18H34. The van der Waals surface area contributed by atoms with E-state index >= 15 is 0 Å². The largest absolute Gasteiger partial charge is 0.0683 e. The van der Waals surface area contributed by atoms with Gasteiger partial charge in [-0.05, 0) is 54.9 Å². The zero-order chi connectivity index (χ0) is 14.7. The van der Waals surface area contributed by atoms with E-state index in [4.69, 9.17) is 0 Å². The van der Waals surface area contributed by atoms with Gasteiger partial charge in [0, 0.05) is 0 Å². The highest BCUT2D eigenvalue weighted by Crippen LogP contribution is 2.35. The Morgan fingerprint density at radius 2 is 1.39 bits per heavy atom. The van der Waals surface area contributed by atoms with E-state index in [2.05, 4.69) is 32.9 Å². The molecule has 0 heterocycles. The van der Waals surface area contributed by atoms with Gasteiger partial charge in [0.05, 0.1) is 0 Å². The third-order valence-corrected chi connectivity index (χ3v) is 3.26. The normalized spacial score (nSPS) is 15.1. The minimum Gasteiger partial charge on any atom is -0.0683 e. The number of hydrogen-bond acceptors (Lipinski definition) is 0. The van der Waals surface area contributed by atoms with Crippen molar-refractivity contribution in [3.8, 4) is 0 Å². The van der Waals surface area contributed by atoms with Crippen molar-refractivity contribution in [2.24, 2.45) is 0 Å². The van der Waals surface area contributed by atoms with Gasteiger partial charge in [-0.1, -0.05) is 60.6 Å². The van der Waals surface area contributed by atoms with Gasteiger partial charge in [-0.2, -0.15) is 0 Å². The second-order valence-corrected chi connectivity index (χ2v) is 4.01. The van der Waals surface area contributed by atoms with Gasteiger partial charge in [-0.15, -0.1) is 0 Å². The van der Waals surface area contributed by atoms with Gasteiger partial charge in [0.25, 0.3) is 0 Å². The summed E-state index contributed by atoms with van der Waals surface area (Å²) < 4.78 is 0. The van der Waals surface area contributed by atoms with Crippen LogP contribution in [0.1, 0.15) is 83.1 Å². The first-order valence-corrected chi connectivity index (χ1v) is 7.79. The Hall–Kier alpha value is -0.780. The summed E-state index contributed by atoms with van der Waals surface area (Å²) in [5.41, 5.74) is 6.19. The van der Waals surface area contributed by atoms with Crippen molar-refractivity contribution in [1.82, 2.24) is 0 Å². The van der Waals surface area contributed by atoms with Crippen molar-refractivity contribution >= 4 is 0 Å². The second kappa shape index (κ2) is 11.3. The molecule has 0 spiro atoms. The molecule has 1 aromatic carbocycles. The highest BCUT2D eigenvalue weighted by Gasteiger charge is 2.19. The Kier molecular flexibility index (Phi) is 12.3. The minimum atomic E-state index is 0.791. The number of benzene rings is 1. The van der Waals surface area contributed by atoms with Crippen LogP contribution in [0.2, 0.25) is 0 Å². The summed E-state index contributed by atoms with van der Waals surface area (Å²) in [6.07, 6.45) is 2.64. The maximum Gasteiger partial charge on any atom is -0.0184 e. The molecule has 0 aliphatic heterocycles. The molecule has 0 bridgehead atoms. The first-order chi connectivity index (χ1) is 8.70. The lowest BCUT2D eigenvalue weighted by atomic mass is 9.97. The van der Waals surface area contributed by atoms with Crippen molar-refractivity contribution in [2.45, 2.75) is 81.1 Å². The van der Waals surface area contributed by atoms with E-state index in [0.717, 1.165) is 5.92 Å². The van der Waals surface area contributed by atoms with E-state index in [1.807, 2.05) is 41.5 Å². The summed E-state index contributed by atoms with van der Waals surface area (Å²) in [6, 6.07) is 4.57. The molecule has 0 radical (unpaired) electrons. The summed E-state index contributed by atoms with van der Waals surface area (Å²) in [6.45, 7) is 18.8. The second-order valence-electron chi connectivity index (χ2n) is 4.01. The number of hydrogen-bond donors (Lipinski definition) is 0. The quantitative estimate of drug-likeness (QED) is 0.497. The maximum atomic E-state index is 2.33. The fourth-order valence-electron chi connectivity index (χ4n) is 2.20. The van der Waals surface area contributed by atoms with Crippen LogP contribution in [-0.2, 0) is 6.42 Å². The van der Waals surface area contributed by atoms with Crippen LogP contribution < -0.4 is 0 Å². The fourth-order valence-corrected chi connectivity index (χ4v) is 2.20. The third-order valence-electron chi connectivity index (χ3n) is 3.26. The summed E-state index contributed by atoms with van der Waals surface area (Å²) in [5, 5.41) is 0. The molecule has 0 aromatic heterocycles. The molecule has 0 saturated heterocycles. The molecule has 1 aliphatic rings. The lowest BCUT2D eigenvalue weighted by Crippen LogP contribution is -1.91. The van der Waals surface area contributed by atoms with Crippen molar-refractivity contribution in [3.05, 3.63) is 34.4 Å². The molecule has 0 N–H and O–H groups in total. The Morgan fingerprint density at radius 1 is 0.889 bits per heavy atom. The standard InChI is InChI=1S/C12H16.3C2H6/c1-8-4-6-11-9(2)5-7-12(11)10(8)3;3*1-2/h4,6,9H,5,7H2,1-3H3;3*1-2H3. The predicted molar refractivity (Wildman–Crippen MR) is 86.7 cm³/mol. The smallest absolute Gasteiger partial charge is 0.0184 e. The summed E-state index contributed by atoms with van der Waals surface area (Å²) >= 11 is 0. The monoisotopic (exact) mass is 250 g/mol. The highest BCUT2D eigenvalue weighted by molar-refractivity contribution is 5.44. The van der Waals surface area contributed by atoms with Crippen LogP contribution in [-0.4, -0.2) is 0 Å². The summed E-state index contributed by atoms with van der Waals surface area (Å²) in [4.78, 5) is 0. The molecule has 2 rings (SSSR count). The molecule has 0 fully saturated rings. The van der Waals surface area contributed by atoms with Crippen molar-refractivity contribution < 1.29 is 0 Å². The predicted octanol–water partition coefficient (Wildman–Crippen LogP) is 6.43. The Bertz CT molecular complexity index is 310. The van der Waals surface area contributed by atoms with Crippen LogP contribution in [0, 0.1) is 13.8 Å². The molecule has 1 unspecified atom stereocenters. The van der Waals surface area contributed by atoms with E-state index in [1.165, 1.54) is 24.0 Å². The Labute approximate surface area is 116 Å². The molecule has 0 heteroatoms. The van der Waals surface area contributed by atoms with Crippen LogP contribution in [0.25, 0.3) is 0 Å². The highest BCUT2D eigenvalue weighted by atomic mass is 14.2. The first kappa shape index (κ1) is 19.6. The van der Waals surface area contributed by atoms with Gasteiger partial charge in [-0.3, -0.25) is 0 Å². The van der Waals surface area contributed by atoms with Crippen molar-refractivity contribution in [2.75, 3.05) is 0 Å². The van der Waals surface area contributed by atoms with Gasteiger partial charge in [0.1, 0.15) is 0 Å². The van der Waals surface area contributed by atoms with E-state index in [9.17, 15) is 0 Å². The third kappa shape index (κ3) is 4.84. The zero-order valence-electron chi connectivity index (χ0n) is 14.1. The topological polar surface area (TPSA) is 0 Å². The lowest BCUT2D eigenvalue weighted by molar-refractivity contribution is 0.747. The molecule has 1 aliphatic carbocycles.